The first-order chi connectivity index (χ1) is 15.0. The molecular formula is C24H27N3O4. The third-order valence-electron chi connectivity index (χ3n) is 6.14. The molecule has 1 atom stereocenters. The van der Waals surface area contributed by atoms with Gasteiger partial charge in [0.25, 0.3) is 5.91 Å². The molecule has 4 rings (SSSR count). The van der Waals surface area contributed by atoms with Crippen molar-refractivity contribution in [2.75, 3.05) is 11.9 Å². The summed E-state index contributed by atoms with van der Waals surface area (Å²) in [6.07, 6.45) is 5.12. The number of carbonyl (C=O) groups is 3. The first-order valence-electron chi connectivity index (χ1n) is 10.7. The Hall–Kier alpha value is -3.35. The number of benzene rings is 2. The molecule has 1 unspecified atom stereocenters. The van der Waals surface area contributed by atoms with E-state index in [1.54, 1.807) is 31.2 Å². The first-order valence-corrected chi connectivity index (χ1v) is 10.7. The number of carbonyl (C=O) groups excluding carboxylic acids is 3. The summed E-state index contributed by atoms with van der Waals surface area (Å²) in [6, 6.07) is 15.8. The van der Waals surface area contributed by atoms with Gasteiger partial charge in [-0.25, -0.2) is 4.79 Å². The first kappa shape index (κ1) is 20.9. The Labute approximate surface area is 181 Å². The Kier molecular flexibility index (Phi) is 5.93. The highest BCUT2D eigenvalue weighted by Crippen LogP contribution is 2.36. The number of anilines is 1. The van der Waals surface area contributed by atoms with E-state index in [2.05, 4.69) is 10.6 Å². The maximum absolute atomic E-state index is 13.0. The lowest BCUT2D eigenvalue weighted by Crippen LogP contribution is -2.51. The van der Waals surface area contributed by atoms with Crippen LogP contribution in [0.3, 0.4) is 0 Å². The van der Waals surface area contributed by atoms with Crippen molar-refractivity contribution in [2.24, 2.45) is 5.92 Å². The zero-order valence-corrected chi connectivity index (χ0v) is 17.6. The van der Waals surface area contributed by atoms with Crippen LogP contribution in [-0.4, -0.2) is 34.8 Å². The molecular weight excluding hydrogens is 394 g/mol. The van der Waals surface area contributed by atoms with Gasteiger partial charge in [0.15, 0.2) is 0 Å². The fourth-order valence-electron chi connectivity index (χ4n) is 4.39. The minimum atomic E-state index is -0.922. The van der Waals surface area contributed by atoms with Gasteiger partial charge in [-0.05, 0) is 62.1 Å². The van der Waals surface area contributed by atoms with Crippen LogP contribution in [0.1, 0.15) is 39.0 Å². The Balaban J connectivity index is 1.35. The van der Waals surface area contributed by atoms with Crippen molar-refractivity contribution in [1.82, 2.24) is 10.2 Å². The van der Waals surface area contributed by atoms with Crippen LogP contribution in [0.5, 0.6) is 11.5 Å². The summed E-state index contributed by atoms with van der Waals surface area (Å²) in [6.45, 7) is 1.47. The molecule has 2 fully saturated rings. The molecule has 1 saturated heterocycles. The molecule has 0 bridgehead atoms. The number of imide groups is 1. The van der Waals surface area contributed by atoms with Gasteiger partial charge in [-0.3, -0.25) is 14.5 Å². The number of nitrogens with zero attached hydrogens (tertiary/aromatic N) is 1. The van der Waals surface area contributed by atoms with Crippen molar-refractivity contribution >= 4 is 23.5 Å². The van der Waals surface area contributed by atoms with Crippen LogP contribution in [0.15, 0.2) is 54.6 Å². The minimum absolute atomic E-state index is 0.114. The van der Waals surface area contributed by atoms with Gasteiger partial charge in [0.05, 0.1) is 0 Å². The Bertz CT molecular complexity index is 955. The second kappa shape index (κ2) is 8.79. The lowest BCUT2D eigenvalue weighted by molar-refractivity contribution is -0.135. The quantitative estimate of drug-likeness (QED) is 0.681. The van der Waals surface area contributed by atoms with Crippen LogP contribution in [-0.2, 0) is 9.59 Å². The second-order valence-electron chi connectivity index (χ2n) is 8.35. The summed E-state index contributed by atoms with van der Waals surface area (Å²) in [5, 5.41) is 5.58. The smallest absolute Gasteiger partial charge is 0.325 e. The van der Waals surface area contributed by atoms with E-state index in [4.69, 9.17) is 4.74 Å². The number of hydrogen-bond donors (Lipinski definition) is 2. The van der Waals surface area contributed by atoms with E-state index in [9.17, 15) is 14.4 Å². The van der Waals surface area contributed by atoms with Gasteiger partial charge < -0.3 is 15.4 Å². The van der Waals surface area contributed by atoms with Crippen LogP contribution in [0.4, 0.5) is 10.5 Å². The standard InChI is InChI=1S/C24H27N3O4/c1-24(17-8-4-2-5-9-17)22(29)27(23(30)26-24)16-21(28)25-18-12-14-20(15-13-18)31-19-10-6-3-7-11-19/h3,6-7,10-15,17H,2,4-5,8-9,16H2,1H3,(H,25,28)(H,26,30). The fraction of sp³-hybridized carbons (Fsp3) is 0.375. The van der Waals surface area contributed by atoms with E-state index in [0.29, 0.717) is 11.4 Å². The molecule has 7 heteroatoms. The molecule has 2 aromatic rings. The van der Waals surface area contributed by atoms with E-state index in [1.807, 2.05) is 30.3 Å². The average molecular weight is 421 g/mol. The third kappa shape index (κ3) is 4.55. The molecule has 0 radical (unpaired) electrons. The van der Waals surface area contributed by atoms with Crippen LogP contribution in [0, 0.1) is 5.92 Å². The van der Waals surface area contributed by atoms with E-state index in [-0.39, 0.29) is 18.4 Å². The molecule has 0 spiro atoms. The van der Waals surface area contributed by atoms with Crippen molar-refractivity contribution in [3.05, 3.63) is 54.6 Å². The summed E-state index contributed by atoms with van der Waals surface area (Å²) in [4.78, 5) is 39.0. The number of rotatable bonds is 6. The summed E-state index contributed by atoms with van der Waals surface area (Å²) in [5.74, 6) is 0.739. The van der Waals surface area contributed by atoms with Crippen LogP contribution >= 0.6 is 0 Å². The molecule has 0 aromatic heterocycles. The van der Waals surface area contributed by atoms with E-state index >= 15 is 0 Å². The third-order valence-corrected chi connectivity index (χ3v) is 6.14. The molecule has 1 aliphatic heterocycles. The van der Waals surface area contributed by atoms with Gasteiger partial charge in [0.1, 0.15) is 23.6 Å². The van der Waals surface area contributed by atoms with Gasteiger partial charge in [0, 0.05) is 5.69 Å². The SMILES string of the molecule is CC1(C2CCCCC2)NC(=O)N(CC(=O)Nc2ccc(Oc3ccccc3)cc2)C1=O. The molecule has 1 saturated carbocycles. The molecule has 2 N–H and O–H groups in total. The molecule has 1 aliphatic carbocycles. The molecule has 2 aliphatic rings. The fourth-order valence-corrected chi connectivity index (χ4v) is 4.39. The normalized spacial score (nSPS) is 21.6. The Morgan fingerprint density at radius 1 is 1.03 bits per heavy atom. The number of hydrogen-bond acceptors (Lipinski definition) is 4. The monoisotopic (exact) mass is 421 g/mol. The maximum atomic E-state index is 13.0. The Morgan fingerprint density at radius 2 is 1.68 bits per heavy atom. The summed E-state index contributed by atoms with van der Waals surface area (Å²) in [5.41, 5.74) is -0.360. The molecule has 1 heterocycles. The molecule has 2 aromatic carbocycles. The van der Waals surface area contributed by atoms with E-state index in [1.165, 1.54) is 0 Å². The topological polar surface area (TPSA) is 87.7 Å². The zero-order chi connectivity index (χ0) is 21.8. The average Bonchev–Trinajstić information content (AvgIpc) is 3.00. The zero-order valence-electron chi connectivity index (χ0n) is 17.6. The lowest BCUT2D eigenvalue weighted by Gasteiger charge is -2.34. The highest BCUT2D eigenvalue weighted by atomic mass is 16.5. The van der Waals surface area contributed by atoms with Gasteiger partial charge in [-0.1, -0.05) is 37.5 Å². The van der Waals surface area contributed by atoms with Gasteiger partial charge in [-0.2, -0.15) is 0 Å². The summed E-state index contributed by atoms with van der Waals surface area (Å²) < 4.78 is 5.74. The van der Waals surface area contributed by atoms with Crippen molar-refractivity contribution in [2.45, 2.75) is 44.6 Å². The number of urea groups is 1. The molecule has 31 heavy (non-hydrogen) atoms. The van der Waals surface area contributed by atoms with E-state index < -0.39 is 17.5 Å². The van der Waals surface area contributed by atoms with Gasteiger partial charge >= 0.3 is 6.03 Å². The van der Waals surface area contributed by atoms with Crippen LogP contribution in [0.25, 0.3) is 0 Å². The summed E-state index contributed by atoms with van der Waals surface area (Å²) >= 11 is 0. The molecule has 7 nitrogen and oxygen atoms in total. The van der Waals surface area contributed by atoms with Gasteiger partial charge in [-0.15, -0.1) is 0 Å². The predicted molar refractivity (Wildman–Crippen MR) is 117 cm³/mol. The lowest BCUT2D eigenvalue weighted by atomic mass is 9.75. The number of amides is 4. The number of para-hydroxylation sites is 1. The molecule has 4 amide bonds. The maximum Gasteiger partial charge on any atom is 0.325 e. The number of nitrogens with one attached hydrogen (secondary N) is 2. The Morgan fingerprint density at radius 3 is 2.35 bits per heavy atom. The largest absolute Gasteiger partial charge is 0.457 e. The highest BCUT2D eigenvalue weighted by molar-refractivity contribution is 6.10. The van der Waals surface area contributed by atoms with Crippen LogP contribution < -0.4 is 15.4 Å². The van der Waals surface area contributed by atoms with Crippen molar-refractivity contribution in [1.29, 1.82) is 0 Å². The van der Waals surface area contributed by atoms with Crippen molar-refractivity contribution in [3.63, 3.8) is 0 Å². The van der Waals surface area contributed by atoms with Crippen LogP contribution in [0.2, 0.25) is 0 Å². The predicted octanol–water partition coefficient (Wildman–Crippen LogP) is 4.31. The number of ether oxygens (including phenoxy) is 1. The van der Waals surface area contributed by atoms with E-state index in [0.717, 1.165) is 42.8 Å². The second-order valence-corrected chi connectivity index (χ2v) is 8.35. The van der Waals surface area contributed by atoms with Crippen molar-refractivity contribution in [3.8, 4) is 11.5 Å². The molecule has 162 valence electrons. The highest BCUT2D eigenvalue weighted by Gasteiger charge is 2.52. The minimum Gasteiger partial charge on any atom is -0.457 e. The van der Waals surface area contributed by atoms with Gasteiger partial charge in [0.2, 0.25) is 5.91 Å². The van der Waals surface area contributed by atoms with Crippen molar-refractivity contribution < 1.29 is 19.1 Å². The summed E-state index contributed by atoms with van der Waals surface area (Å²) in [7, 11) is 0.